The molecule has 2 aromatic rings. The lowest BCUT2D eigenvalue weighted by Crippen LogP contribution is -2.15. The molecule has 2 nitrogen and oxygen atoms in total. The van der Waals surface area contributed by atoms with Gasteiger partial charge in [0.25, 0.3) is 0 Å². The Morgan fingerprint density at radius 3 is 2.18 bits per heavy atom. The van der Waals surface area contributed by atoms with Gasteiger partial charge in [0.1, 0.15) is 5.75 Å². The number of hydrogen-bond acceptors (Lipinski definition) is 2. The Balaban J connectivity index is 2.44. The molecular formula is C14H15O2P. The smallest absolute Gasteiger partial charge is 0.125 e. The van der Waals surface area contributed by atoms with Gasteiger partial charge in [0, 0.05) is 10.6 Å². The second-order valence-electron chi connectivity index (χ2n) is 3.78. The van der Waals surface area contributed by atoms with E-state index in [4.69, 9.17) is 0 Å². The maximum Gasteiger partial charge on any atom is 0.125 e. The molecule has 88 valence electrons. The number of hydrogen-bond donors (Lipinski definition) is 2. The van der Waals surface area contributed by atoms with Crippen molar-refractivity contribution in [3.63, 3.8) is 0 Å². The third-order valence-electron chi connectivity index (χ3n) is 2.71. The molecule has 2 rings (SSSR count). The first kappa shape index (κ1) is 12.1. The van der Waals surface area contributed by atoms with Crippen LogP contribution in [0.3, 0.4) is 0 Å². The highest BCUT2D eigenvalue weighted by Gasteiger charge is 2.16. The van der Waals surface area contributed by atoms with E-state index in [0.717, 1.165) is 17.3 Å². The van der Waals surface area contributed by atoms with Gasteiger partial charge in [-0.25, -0.2) is 0 Å². The topological polar surface area (TPSA) is 40.5 Å². The van der Waals surface area contributed by atoms with Gasteiger partial charge in [0.2, 0.25) is 0 Å². The van der Waals surface area contributed by atoms with Crippen LogP contribution >= 0.6 is 8.15 Å². The van der Waals surface area contributed by atoms with E-state index in [1.54, 1.807) is 18.2 Å². The summed E-state index contributed by atoms with van der Waals surface area (Å²) in [6.07, 6.45) is 0.878. The molecule has 3 heteroatoms. The highest BCUT2D eigenvalue weighted by atomic mass is 31.1. The summed E-state index contributed by atoms with van der Waals surface area (Å²) in [6.45, 7) is 2.06. The first-order chi connectivity index (χ1) is 8.24. The van der Waals surface area contributed by atoms with E-state index in [1.165, 1.54) is 0 Å². The van der Waals surface area contributed by atoms with Crippen molar-refractivity contribution in [2.75, 3.05) is 0 Å². The van der Waals surface area contributed by atoms with E-state index >= 15 is 0 Å². The SMILES string of the molecule is CCc1ccccc1P(O)c1ccccc1O. The maximum atomic E-state index is 10.4. The molecule has 0 heterocycles. The van der Waals surface area contributed by atoms with Crippen molar-refractivity contribution in [3.05, 3.63) is 54.1 Å². The van der Waals surface area contributed by atoms with Crippen LogP contribution in [0.25, 0.3) is 0 Å². The molecule has 0 radical (unpaired) electrons. The Hall–Kier alpha value is -1.37. The van der Waals surface area contributed by atoms with Crippen LogP contribution in [-0.4, -0.2) is 10.00 Å². The van der Waals surface area contributed by atoms with E-state index in [0.29, 0.717) is 5.30 Å². The minimum atomic E-state index is -1.47. The van der Waals surface area contributed by atoms with Gasteiger partial charge in [-0.1, -0.05) is 43.3 Å². The number of para-hydroxylation sites is 1. The summed E-state index contributed by atoms with van der Waals surface area (Å²) in [5.41, 5.74) is 1.13. The molecule has 0 amide bonds. The average Bonchev–Trinajstić information content (AvgIpc) is 2.38. The zero-order valence-electron chi connectivity index (χ0n) is 9.67. The van der Waals surface area contributed by atoms with E-state index < -0.39 is 8.15 Å². The fraction of sp³-hybridized carbons (Fsp3) is 0.143. The quantitative estimate of drug-likeness (QED) is 0.816. The maximum absolute atomic E-state index is 10.4. The molecule has 0 aliphatic rings. The van der Waals surface area contributed by atoms with Crippen molar-refractivity contribution < 1.29 is 10.00 Å². The standard InChI is InChI=1S/C14H15O2P/c1-2-11-7-3-5-9-13(11)17(16)14-10-6-4-8-12(14)15/h3-10,15-16H,2H2,1H3. The van der Waals surface area contributed by atoms with Crippen molar-refractivity contribution >= 4 is 18.8 Å². The minimum absolute atomic E-state index is 0.159. The zero-order chi connectivity index (χ0) is 12.3. The Bertz CT molecular complexity index is 511. The number of phenols is 1. The summed E-state index contributed by atoms with van der Waals surface area (Å²) in [4.78, 5) is 10.4. The summed E-state index contributed by atoms with van der Waals surface area (Å²) in [7, 11) is -1.47. The summed E-state index contributed by atoms with van der Waals surface area (Å²) < 4.78 is 0. The fourth-order valence-corrected chi connectivity index (χ4v) is 3.30. The lowest BCUT2D eigenvalue weighted by molar-refractivity contribution is 0.479. The Kier molecular flexibility index (Phi) is 3.78. The summed E-state index contributed by atoms with van der Waals surface area (Å²) in [5.74, 6) is 0.159. The number of aromatic hydroxyl groups is 1. The van der Waals surface area contributed by atoms with E-state index in [9.17, 15) is 10.00 Å². The van der Waals surface area contributed by atoms with Crippen molar-refractivity contribution in [1.82, 2.24) is 0 Å². The third kappa shape index (κ3) is 2.49. The van der Waals surface area contributed by atoms with E-state index in [2.05, 4.69) is 6.92 Å². The second-order valence-corrected chi connectivity index (χ2v) is 5.37. The molecule has 17 heavy (non-hydrogen) atoms. The molecule has 0 aliphatic heterocycles. The lowest BCUT2D eigenvalue weighted by atomic mass is 10.2. The summed E-state index contributed by atoms with van der Waals surface area (Å²) >= 11 is 0. The van der Waals surface area contributed by atoms with Crippen LogP contribution in [-0.2, 0) is 6.42 Å². The van der Waals surface area contributed by atoms with Gasteiger partial charge >= 0.3 is 0 Å². The van der Waals surface area contributed by atoms with Crippen molar-refractivity contribution in [3.8, 4) is 5.75 Å². The van der Waals surface area contributed by atoms with Gasteiger partial charge in [-0.3, -0.25) is 0 Å². The van der Waals surface area contributed by atoms with Crippen LogP contribution in [0.1, 0.15) is 12.5 Å². The first-order valence-electron chi connectivity index (χ1n) is 5.59. The van der Waals surface area contributed by atoms with Gasteiger partial charge in [0.15, 0.2) is 0 Å². The second kappa shape index (κ2) is 5.31. The first-order valence-corrected chi connectivity index (χ1v) is 6.88. The van der Waals surface area contributed by atoms with Gasteiger partial charge in [-0.05, 0) is 24.1 Å². The van der Waals surface area contributed by atoms with Crippen molar-refractivity contribution in [1.29, 1.82) is 0 Å². The predicted molar refractivity (Wildman–Crippen MR) is 72.3 cm³/mol. The molecule has 0 aliphatic carbocycles. The normalized spacial score (nSPS) is 12.4. The van der Waals surface area contributed by atoms with Crippen LogP contribution in [0, 0.1) is 0 Å². The number of rotatable bonds is 3. The Morgan fingerprint density at radius 2 is 1.53 bits per heavy atom. The fourth-order valence-electron chi connectivity index (χ4n) is 1.79. The zero-order valence-corrected chi connectivity index (χ0v) is 10.6. The number of benzene rings is 2. The lowest BCUT2D eigenvalue weighted by Gasteiger charge is -2.15. The van der Waals surface area contributed by atoms with Crippen molar-refractivity contribution in [2.24, 2.45) is 0 Å². The van der Waals surface area contributed by atoms with Crippen LogP contribution in [0.4, 0.5) is 0 Å². The van der Waals surface area contributed by atoms with Gasteiger partial charge in [-0.15, -0.1) is 0 Å². The molecule has 2 N–H and O–H groups in total. The molecule has 0 spiro atoms. The van der Waals surface area contributed by atoms with Gasteiger partial charge in [0.05, 0.1) is 8.15 Å². The molecule has 0 saturated carbocycles. The molecule has 0 bridgehead atoms. The van der Waals surface area contributed by atoms with E-state index in [1.807, 2.05) is 30.3 Å². The third-order valence-corrected chi connectivity index (χ3v) is 4.44. The van der Waals surface area contributed by atoms with Crippen LogP contribution < -0.4 is 10.6 Å². The van der Waals surface area contributed by atoms with Crippen LogP contribution in [0.15, 0.2) is 48.5 Å². The highest BCUT2D eigenvalue weighted by Crippen LogP contribution is 2.33. The van der Waals surface area contributed by atoms with Gasteiger partial charge < -0.3 is 10.00 Å². The molecule has 1 unspecified atom stereocenters. The average molecular weight is 246 g/mol. The molecule has 0 fully saturated rings. The predicted octanol–water partition coefficient (Wildman–Crippen LogP) is 2.29. The van der Waals surface area contributed by atoms with Gasteiger partial charge in [-0.2, -0.15) is 0 Å². The molecule has 2 aromatic carbocycles. The minimum Gasteiger partial charge on any atom is -0.507 e. The molecular weight excluding hydrogens is 231 g/mol. The van der Waals surface area contributed by atoms with Crippen LogP contribution in [0.2, 0.25) is 0 Å². The highest BCUT2D eigenvalue weighted by molar-refractivity contribution is 7.68. The summed E-state index contributed by atoms with van der Waals surface area (Å²) in [5, 5.41) is 11.3. The van der Waals surface area contributed by atoms with E-state index in [-0.39, 0.29) is 5.75 Å². The number of aryl methyl sites for hydroxylation is 1. The largest absolute Gasteiger partial charge is 0.507 e. The summed E-state index contributed by atoms with van der Waals surface area (Å²) in [6, 6.07) is 14.8. The Morgan fingerprint density at radius 1 is 0.941 bits per heavy atom. The monoisotopic (exact) mass is 246 g/mol. The molecule has 0 aromatic heterocycles. The number of phenolic OH excluding ortho intramolecular Hbond substituents is 1. The molecule has 0 saturated heterocycles. The Labute approximate surface area is 102 Å². The molecule has 1 atom stereocenters. The van der Waals surface area contributed by atoms with Crippen LogP contribution in [0.5, 0.6) is 5.75 Å². The van der Waals surface area contributed by atoms with Crippen molar-refractivity contribution in [2.45, 2.75) is 13.3 Å².